The number of likely N-dealkylation sites (tertiary alicyclic amines) is 1. The molecule has 18 heavy (non-hydrogen) atoms. The summed E-state index contributed by atoms with van der Waals surface area (Å²) in [6, 6.07) is 7.57. The van der Waals surface area contributed by atoms with E-state index in [1.54, 1.807) is 0 Å². The van der Waals surface area contributed by atoms with Crippen LogP contribution in [-0.2, 0) is 11.2 Å². The highest BCUT2D eigenvalue weighted by Crippen LogP contribution is 2.24. The number of nitrogens with zero attached hydrogens (tertiary/aromatic N) is 1. The highest BCUT2D eigenvalue weighted by Gasteiger charge is 2.27. The quantitative estimate of drug-likeness (QED) is 0.832. The van der Waals surface area contributed by atoms with E-state index in [1.807, 2.05) is 29.2 Å². The van der Waals surface area contributed by atoms with Gasteiger partial charge in [-0.15, -0.1) is 0 Å². The number of carbonyl (C=O) groups excluding carboxylic acids is 1. The molecule has 0 bridgehead atoms. The maximum Gasteiger partial charge on any atom is 0.226 e. The molecular formula is C15H22N2O. The first-order valence-corrected chi connectivity index (χ1v) is 6.68. The molecule has 2 rings (SSSR count). The molecule has 1 aromatic carbocycles. The first-order valence-electron chi connectivity index (χ1n) is 6.68. The van der Waals surface area contributed by atoms with Crippen molar-refractivity contribution in [2.45, 2.75) is 26.7 Å². The second kappa shape index (κ2) is 5.42. The number of anilines is 1. The Kier molecular flexibility index (Phi) is 3.90. The smallest absolute Gasteiger partial charge is 0.226 e. The highest BCUT2D eigenvalue weighted by molar-refractivity contribution is 5.79. The van der Waals surface area contributed by atoms with Crippen LogP contribution in [0.1, 0.15) is 25.8 Å². The number of hydrogen-bond acceptors (Lipinski definition) is 2. The number of carbonyl (C=O) groups is 1. The van der Waals surface area contributed by atoms with Gasteiger partial charge < -0.3 is 10.6 Å². The van der Waals surface area contributed by atoms with Gasteiger partial charge in [0, 0.05) is 18.8 Å². The van der Waals surface area contributed by atoms with Gasteiger partial charge in [-0.2, -0.15) is 0 Å². The number of hydrogen-bond donors (Lipinski definition) is 1. The minimum Gasteiger partial charge on any atom is -0.399 e. The normalized spacial score (nSPS) is 19.5. The van der Waals surface area contributed by atoms with Crippen molar-refractivity contribution in [1.29, 1.82) is 0 Å². The lowest BCUT2D eigenvalue weighted by Gasteiger charge is -2.18. The molecule has 3 heteroatoms. The molecule has 1 atom stereocenters. The summed E-state index contributed by atoms with van der Waals surface area (Å²) < 4.78 is 0. The fourth-order valence-electron chi connectivity index (χ4n) is 2.48. The Morgan fingerprint density at radius 2 is 2.06 bits per heavy atom. The first kappa shape index (κ1) is 12.9. The molecule has 1 heterocycles. The van der Waals surface area contributed by atoms with E-state index in [1.165, 1.54) is 0 Å². The molecule has 1 aliphatic heterocycles. The van der Waals surface area contributed by atoms with Gasteiger partial charge >= 0.3 is 0 Å². The summed E-state index contributed by atoms with van der Waals surface area (Å²) in [6.45, 7) is 6.30. The van der Waals surface area contributed by atoms with Crippen LogP contribution in [0.4, 0.5) is 5.69 Å². The summed E-state index contributed by atoms with van der Waals surface area (Å²) in [5.41, 5.74) is 7.42. The lowest BCUT2D eigenvalue weighted by molar-refractivity contribution is -0.129. The Balaban J connectivity index is 1.91. The lowest BCUT2D eigenvalue weighted by atomic mass is 9.95. The van der Waals surface area contributed by atoms with Crippen molar-refractivity contribution >= 4 is 11.6 Å². The third-order valence-corrected chi connectivity index (χ3v) is 3.86. The van der Waals surface area contributed by atoms with Crippen LogP contribution in [-0.4, -0.2) is 23.9 Å². The largest absolute Gasteiger partial charge is 0.399 e. The van der Waals surface area contributed by atoms with Gasteiger partial charge in [-0.25, -0.2) is 0 Å². The molecule has 0 aliphatic carbocycles. The van der Waals surface area contributed by atoms with Crippen LogP contribution in [0, 0.1) is 11.8 Å². The topological polar surface area (TPSA) is 46.3 Å². The lowest BCUT2D eigenvalue weighted by Crippen LogP contribution is -2.30. The number of rotatable bonds is 3. The van der Waals surface area contributed by atoms with Gasteiger partial charge in [0.05, 0.1) is 6.42 Å². The van der Waals surface area contributed by atoms with E-state index < -0.39 is 0 Å². The number of benzene rings is 1. The van der Waals surface area contributed by atoms with Crippen LogP contribution in [0.3, 0.4) is 0 Å². The molecule has 1 aliphatic rings. The van der Waals surface area contributed by atoms with Crippen LogP contribution in [0.2, 0.25) is 0 Å². The van der Waals surface area contributed by atoms with E-state index in [9.17, 15) is 4.79 Å². The van der Waals surface area contributed by atoms with Crippen molar-refractivity contribution in [3.8, 4) is 0 Å². The van der Waals surface area contributed by atoms with Gasteiger partial charge in [0.25, 0.3) is 0 Å². The third kappa shape index (κ3) is 3.03. The Bertz CT molecular complexity index is 411. The average Bonchev–Trinajstić information content (AvgIpc) is 2.81. The van der Waals surface area contributed by atoms with Crippen molar-refractivity contribution in [2.24, 2.45) is 11.8 Å². The summed E-state index contributed by atoms with van der Waals surface area (Å²) in [5, 5.41) is 0. The molecular weight excluding hydrogens is 224 g/mol. The van der Waals surface area contributed by atoms with Crippen molar-refractivity contribution in [3.05, 3.63) is 29.8 Å². The number of amides is 1. The van der Waals surface area contributed by atoms with Gasteiger partial charge in [0.2, 0.25) is 5.91 Å². The zero-order chi connectivity index (χ0) is 13.1. The predicted molar refractivity (Wildman–Crippen MR) is 74.1 cm³/mol. The highest BCUT2D eigenvalue weighted by atomic mass is 16.2. The zero-order valence-electron chi connectivity index (χ0n) is 11.2. The minimum atomic E-state index is 0.239. The molecule has 0 saturated carbocycles. The maximum atomic E-state index is 12.2. The van der Waals surface area contributed by atoms with Crippen LogP contribution >= 0.6 is 0 Å². The monoisotopic (exact) mass is 246 g/mol. The summed E-state index contributed by atoms with van der Waals surface area (Å²) in [5.74, 6) is 1.57. The van der Waals surface area contributed by atoms with E-state index in [0.29, 0.717) is 18.3 Å². The summed E-state index contributed by atoms with van der Waals surface area (Å²) in [7, 11) is 0. The summed E-state index contributed by atoms with van der Waals surface area (Å²) in [4.78, 5) is 14.2. The zero-order valence-corrected chi connectivity index (χ0v) is 11.2. The van der Waals surface area contributed by atoms with Crippen molar-refractivity contribution in [3.63, 3.8) is 0 Å². The Morgan fingerprint density at radius 3 is 2.61 bits per heavy atom. The maximum absolute atomic E-state index is 12.2. The fourth-order valence-corrected chi connectivity index (χ4v) is 2.48. The van der Waals surface area contributed by atoms with Crippen LogP contribution < -0.4 is 5.73 Å². The average molecular weight is 246 g/mol. The molecule has 98 valence electrons. The van der Waals surface area contributed by atoms with Crippen molar-refractivity contribution in [2.75, 3.05) is 18.8 Å². The second-order valence-electron chi connectivity index (χ2n) is 5.55. The third-order valence-electron chi connectivity index (χ3n) is 3.86. The van der Waals surface area contributed by atoms with Crippen molar-refractivity contribution in [1.82, 2.24) is 4.90 Å². The van der Waals surface area contributed by atoms with E-state index in [4.69, 9.17) is 5.73 Å². The van der Waals surface area contributed by atoms with Gasteiger partial charge in [0.1, 0.15) is 0 Å². The molecule has 3 nitrogen and oxygen atoms in total. The molecule has 0 aromatic heterocycles. The van der Waals surface area contributed by atoms with Gasteiger partial charge in [0.15, 0.2) is 0 Å². The van der Waals surface area contributed by atoms with Crippen LogP contribution in [0.15, 0.2) is 24.3 Å². The van der Waals surface area contributed by atoms with Crippen LogP contribution in [0.25, 0.3) is 0 Å². The van der Waals surface area contributed by atoms with Gasteiger partial charge in [-0.3, -0.25) is 4.79 Å². The van der Waals surface area contributed by atoms with Gasteiger partial charge in [-0.1, -0.05) is 26.0 Å². The minimum absolute atomic E-state index is 0.239. The second-order valence-corrected chi connectivity index (χ2v) is 5.55. The number of nitrogens with two attached hydrogens (primary N) is 1. The van der Waals surface area contributed by atoms with E-state index in [0.717, 1.165) is 30.8 Å². The molecule has 1 aromatic rings. The predicted octanol–water partition coefficient (Wildman–Crippen LogP) is 2.32. The Labute approximate surface area is 109 Å². The molecule has 1 amide bonds. The Hall–Kier alpha value is -1.51. The van der Waals surface area contributed by atoms with Gasteiger partial charge in [-0.05, 0) is 36.0 Å². The molecule has 1 unspecified atom stereocenters. The molecule has 1 fully saturated rings. The SMILES string of the molecule is CC(C)C1CCN(C(=O)Cc2ccc(N)cc2)C1. The molecule has 2 N–H and O–H groups in total. The van der Waals surface area contributed by atoms with Crippen molar-refractivity contribution < 1.29 is 4.79 Å². The fraction of sp³-hybridized carbons (Fsp3) is 0.533. The molecule has 1 saturated heterocycles. The molecule has 0 spiro atoms. The van der Waals surface area contributed by atoms with E-state index in [-0.39, 0.29) is 5.91 Å². The van der Waals surface area contributed by atoms with E-state index >= 15 is 0 Å². The summed E-state index contributed by atoms with van der Waals surface area (Å²) >= 11 is 0. The number of nitrogen functional groups attached to an aromatic ring is 1. The summed E-state index contributed by atoms with van der Waals surface area (Å²) in [6.07, 6.45) is 1.64. The standard InChI is InChI=1S/C15H22N2O/c1-11(2)13-7-8-17(10-13)15(18)9-12-3-5-14(16)6-4-12/h3-6,11,13H,7-10,16H2,1-2H3. The Morgan fingerprint density at radius 1 is 1.39 bits per heavy atom. The molecule has 0 radical (unpaired) electrons. The first-order chi connectivity index (χ1) is 8.56. The van der Waals surface area contributed by atoms with E-state index in [2.05, 4.69) is 13.8 Å². The van der Waals surface area contributed by atoms with Crippen LogP contribution in [0.5, 0.6) is 0 Å².